The van der Waals surface area contributed by atoms with Crippen molar-refractivity contribution in [2.24, 2.45) is 17.6 Å². The number of ketones is 2. The number of amides is 1. The number of hydrogen-bond acceptors (Lipinski definition) is 9. The maximum atomic E-state index is 14.0. The number of nitrogens with zero attached hydrogens (tertiary/aromatic N) is 1. The van der Waals surface area contributed by atoms with Crippen LogP contribution >= 0.6 is 0 Å². The first kappa shape index (κ1) is 26.0. The number of aliphatic hydroxyl groups is 4. The molecule has 1 saturated carbocycles. The third-order valence-electron chi connectivity index (χ3n) is 8.57. The van der Waals surface area contributed by atoms with Gasteiger partial charge in [-0.25, -0.2) is 0 Å². The van der Waals surface area contributed by atoms with Gasteiger partial charge in [0, 0.05) is 17.9 Å². The SMILES string of the molecule is CN(C)[C@@H]1C(=O)C(C(N)=O)=C(O)[C@@]2(O)C(=O)C3=C(O)c4c(O)ccc(C5=Cc6ccccc6C5)c4[CH][C@H]3[C@H](O)[C@@H]12. The van der Waals surface area contributed by atoms with Crippen LogP contribution in [0.5, 0.6) is 5.75 Å². The fraction of sp³-hybridized carbons (Fsp3) is 0.267. The number of primary amides is 1. The molecule has 4 aliphatic carbocycles. The van der Waals surface area contributed by atoms with Gasteiger partial charge >= 0.3 is 0 Å². The number of aliphatic hydroxyl groups excluding tert-OH is 3. The van der Waals surface area contributed by atoms with Crippen molar-refractivity contribution >= 4 is 34.9 Å². The van der Waals surface area contributed by atoms with E-state index in [-0.39, 0.29) is 11.3 Å². The van der Waals surface area contributed by atoms with Crippen LogP contribution in [-0.2, 0) is 20.8 Å². The smallest absolute Gasteiger partial charge is 0.255 e. The first-order valence-electron chi connectivity index (χ1n) is 12.7. The van der Waals surface area contributed by atoms with Crippen molar-refractivity contribution < 1.29 is 39.9 Å². The highest BCUT2D eigenvalue weighted by molar-refractivity contribution is 6.24. The monoisotopic (exact) mass is 543 g/mol. The Morgan fingerprint density at radius 3 is 2.42 bits per heavy atom. The summed E-state index contributed by atoms with van der Waals surface area (Å²) < 4.78 is 0. The third-order valence-corrected chi connectivity index (χ3v) is 8.57. The molecular weight excluding hydrogens is 516 g/mol. The Bertz CT molecular complexity index is 1630. The molecule has 40 heavy (non-hydrogen) atoms. The second-order valence-electron chi connectivity index (χ2n) is 10.9. The Kier molecular flexibility index (Phi) is 5.60. The van der Waals surface area contributed by atoms with Gasteiger partial charge in [-0.2, -0.15) is 0 Å². The number of allylic oxidation sites excluding steroid dienone is 1. The maximum Gasteiger partial charge on any atom is 0.255 e. The average molecular weight is 544 g/mol. The molecule has 6 rings (SSSR count). The number of aromatic hydroxyl groups is 1. The fourth-order valence-electron chi connectivity index (χ4n) is 6.77. The van der Waals surface area contributed by atoms with Crippen molar-refractivity contribution in [1.29, 1.82) is 0 Å². The molecule has 2 aromatic carbocycles. The molecule has 5 atom stereocenters. The first-order chi connectivity index (χ1) is 18.9. The van der Waals surface area contributed by atoms with Gasteiger partial charge in [-0.1, -0.05) is 36.4 Å². The number of fused-ring (bicyclic) bond motifs is 4. The van der Waals surface area contributed by atoms with Crippen molar-refractivity contribution in [3.8, 4) is 5.75 Å². The highest BCUT2D eigenvalue weighted by atomic mass is 16.4. The predicted octanol–water partition coefficient (Wildman–Crippen LogP) is 1.04. The molecule has 1 fully saturated rings. The van der Waals surface area contributed by atoms with Gasteiger partial charge in [0.25, 0.3) is 5.91 Å². The van der Waals surface area contributed by atoms with E-state index in [4.69, 9.17) is 5.73 Å². The summed E-state index contributed by atoms with van der Waals surface area (Å²) in [4.78, 5) is 40.7. The van der Waals surface area contributed by atoms with Gasteiger partial charge in [-0.05, 0) is 54.4 Å². The molecule has 0 bridgehead atoms. The lowest BCUT2D eigenvalue weighted by molar-refractivity contribution is -0.167. The van der Waals surface area contributed by atoms with Crippen molar-refractivity contribution in [2.75, 3.05) is 14.1 Å². The van der Waals surface area contributed by atoms with E-state index < -0.39 is 69.7 Å². The zero-order chi connectivity index (χ0) is 28.8. The second kappa shape index (κ2) is 8.62. The average Bonchev–Trinajstić information content (AvgIpc) is 3.32. The minimum atomic E-state index is -2.94. The highest BCUT2D eigenvalue weighted by Crippen LogP contribution is 2.54. The Balaban J connectivity index is 1.56. The number of phenols is 1. The number of carbonyl (C=O) groups is 3. The van der Waals surface area contributed by atoms with E-state index in [0.717, 1.165) is 16.7 Å². The van der Waals surface area contributed by atoms with E-state index in [2.05, 4.69) is 0 Å². The summed E-state index contributed by atoms with van der Waals surface area (Å²) in [5.74, 6) is -8.62. The van der Waals surface area contributed by atoms with E-state index >= 15 is 0 Å². The minimum absolute atomic E-state index is 0.0714. The van der Waals surface area contributed by atoms with Crippen LogP contribution in [0.1, 0.15) is 27.8 Å². The molecule has 2 aromatic rings. The summed E-state index contributed by atoms with van der Waals surface area (Å²) in [7, 11) is 2.93. The van der Waals surface area contributed by atoms with Gasteiger partial charge in [-0.3, -0.25) is 19.3 Å². The number of likely N-dealkylation sites (N-methyl/N-ethyl adjacent to an activating group) is 1. The summed E-state index contributed by atoms with van der Waals surface area (Å²) in [6, 6.07) is 9.49. The molecule has 0 spiro atoms. The van der Waals surface area contributed by atoms with Gasteiger partial charge < -0.3 is 31.3 Å². The fourth-order valence-corrected chi connectivity index (χ4v) is 6.77. The van der Waals surface area contributed by atoms with Crippen LogP contribution in [0.4, 0.5) is 0 Å². The molecule has 1 radical (unpaired) electrons. The Hall–Kier alpha value is -4.25. The number of benzene rings is 2. The van der Waals surface area contributed by atoms with Gasteiger partial charge in [0.1, 0.15) is 22.8 Å². The van der Waals surface area contributed by atoms with Crippen LogP contribution < -0.4 is 5.73 Å². The number of rotatable bonds is 3. The highest BCUT2D eigenvalue weighted by Gasteiger charge is 2.67. The van der Waals surface area contributed by atoms with Crippen molar-refractivity contribution in [3.05, 3.63) is 87.5 Å². The van der Waals surface area contributed by atoms with Crippen molar-refractivity contribution in [2.45, 2.75) is 24.2 Å². The summed E-state index contributed by atoms with van der Waals surface area (Å²) in [5, 5.41) is 56.5. The van der Waals surface area contributed by atoms with Crippen LogP contribution in [0.3, 0.4) is 0 Å². The molecule has 4 aliphatic rings. The zero-order valence-electron chi connectivity index (χ0n) is 21.6. The van der Waals surface area contributed by atoms with Crippen LogP contribution in [0, 0.1) is 18.3 Å². The number of nitrogens with two attached hydrogens (primary N) is 1. The van der Waals surface area contributed by atoms with Gasteiger partial charge in [0.05, 0.1) is 23.6 Å². The quantitative estimate of drug-likeness (QED) is 0.308. The molecule has 0 heterocycles. The topological polar surface area (TPSA) is 182 Å². The molecule has 0 aromatic heterocycles. The first-order valence-corrected chi connectivity index (χ1v) is 12.7. The summed E-state index contributed by atoms with van der Waals surface area (Å²) in [6.07, 6.45) is 2.43. The third kappa shape index (κ3) is 3.24. The summed E-state index contributed by atoms with van der Waals surface area (Å²) >= 11 is 0. The minimum Gasteiger partial charge on any atom is -0.508 e. The zero-order valence-corrected chi connectivity index (χ0v) is 21.6. The van der Waals surface area contributed by atoms with E-state index in [0.29, 0.717) is 17.5 Å². The van der Waals surface area contributed by atoms with Gasteiger partial charge in [-0.15, -0.1) is 0 Å². The number of Topliss-reactive ketones (excluding diaryl/α,β-unsaturated/α-hetero) is 2. The van der Waals surface area contributed by atoms with Crippen LogP contribution in [0.2, 0.25) is 0 Å². The van der Waals surface area contributed by atoms with Crippen LogP contribution in [0.25, 0.3) is 17.4 Å². The van der Waals surface area contributed by atoms with Gasteiger partial charge in [0.2, 0.25) is 5.78 Å². The lowest BCUT2D eigenvalue weighted by Crippen LogP contribution is -2.70. The van der Waals surface area contributed by atoms with E-state index in [1.54, 1.807) is 6.07 Å². The number of phenolic OH excluding ortho intramolecular Hbond substituents is 1. The molecule has 1 amide bonds. The lowest BCUT2D eigenvalue weighted by Gasteiger charge is -2.52. The standard InChI is InChI=1S/C30H27N2O8/c1-32(2)23-22-24(34)17-11-16-15(14-9-12-5-3-4-6-13(12)10-14)7-8-18(33)19(16)25(35)20(17)27(37)30(22,40)28(38)21(26(23)36)29(31)39/h3-9,11,17,22-24,33-35,38,40H,10H2,1-2H3,(H2,31,39)/t17-,22-,23+,24+,30+/m1/s1. The normalized spacial score (nSPS) is 29.2. The molecule has 0 saturated heterocycles. The molecule has 0 unspecified atom stereocenters. The molecular formula is C30H27N2O8. The van der Waals surface area contributed by atoms with E-state index in [1.165, 1.54) is 31.5 Å². The lowest BCUT2D eigenvalue weighted by atomic mass is 9.56. The second-order valence-corrected chi connectivity index (χ2v) is 10.9. The molecule has 7 N–H and O–H groups in total. The molecule has 10 heteroatoms. The van der Waals surface area contributed by atoms with Crippen LogP contribution in [-0.4, -0.2) is 79.7 Å². The Morgan fingerprint density at radius 1 is 1.07 bits per heavy atom. The van der Waals surface area contributed by atoms with Crippen molar-refractivity contribution in [1.82, 2.24) is 4.90 Å². The summed E-state index contributed by atoms with van der Waals surface area (Å²) in [5.41, 5.74) is 4.96. The molecule has 10 nitrogen and oxygen atoms in total. The molecule has 0 aliphatic heterocycles. The van der Waals surface area contributed by atoms with Crippen molar-refractivity contribution in [3.63, 3.8) is 0 Å². The predicted molar refractivity (Wildman–Crippen MR) is 143 cm³/mol. The Labute approximate surface area is 229 Å². The maximum absolute atomic E-state index is 14.0. The summed E-state index contributed by atoms with van der Waals surface area (Å²) in [6.45, 7) is 0. The van der Waals surface area contributed by atoms with E-state index in [1.807, 2.05) is 30.3 Å². The number of carbonyl (C=O) groups excluding carboxylic acids is 3. The number of hydrogen-bond donors (Lipinski definition) is 6. The largest absolute Gasteiger partial charge is 0.508 e. The van der Waals surface area contributed by atoms with Gasteiger partial charge in [0.15, 0.2) is 11.4 Å². The van der Waals surface area contributed by atoms with Crippen LogP contribution in [0.15, 0.2) is 53.3 Å². The molecule has 205 valence electrons. The Morgan fingerprint density at radius 2 is 1.77 bits per heavy atom. The van der Waals surface area contributed by atoms with E-state index in [9.17, 15) is 39.9 Å².